The van der Waals surface area contributed by atoms with Gasteiger partial charge in [0.1, 0.15) is 12.0 Å². The molecule has 0 amide bonds. The molecule has 316 valence electrons. The van der Waals surface area contributed by atoms with Crippen LogP contribution in [0.25, 0.3) is 22.0 Å². The fourth-order valence-corrected chi connectivity index (χ4v) is 10.3. The third-order valence-electron chi connectivity index (χ3n) is 11.4. The molecule has 1 atom stereocenters. The fourth-order valence-electron chi connectivity index (χ4n) is 8.11. The lowest BCUT2D eigenvalue weighted by molar-refractivity contribution is -0.384. The molecular weight excluding hydrogens is 828 g/mol. The topological polar surface area (TPSA) is 137 Å². The Kier molecular flexibility index (Phi) is 13.7. The summed E-state index contributed by atoms with van der Waals surface area (Å²) in [6, 6.07) is 36.1. The molecule has 0 saturated carbocycles. The average molecular weight is 878 g/mol. The molecule has 1 unspecified atom stereocenters. The number of rotatable bonds is 16. The van der Waals surface area contributed by atoms with Crippen molar-refractivity contribution in [3.8, 4) is 11.1 Å². The predicted octanol–water partition coefficient (Wildman–Crippen LogP) is 9.43. The van der Waals surface area contributed by atoms with Gasteiger partial charge in [-0.3, -0.25) is 19.7 Å². The van der Waals surface area contributed by atoms with Crippen LogP contribution in [-0.2, 0) is 16.6 Å². The maximum Gasteiger partial charge on any atom is 0.293 e. The molecule has 0 radical (unpaired) electrons. The van der Waals surface area contributed by atoms with Crippen molar-refractivity contribution in [3.05, 3.63) is 142 Å². The van der Waals surface area contributed by atoms with Crippen molar-refractivity contribution in [1.29, 1.82) is 0 Å². The highest BCUT2D eigenvalue weighted by Gasteiger charge is 2.26. The number of halogens is 1. The van der Waals surface area contributed by atoms with Gasteiger partial charge >= 0.3 is 0 Å². The molecule has 0 bridgehead atoms. The lowest BCUT2D eigenvalue weighted by Gasteiger charge is -2.36. The summed E-state index contributed by atoms with van der Waals surface area (Å²) in [5.41, 5.74) is 5.05. The molecule has 5 aromatic carbocycles. The van der Waals surface area contributed by atoms with E-state index in [9.17, 15) is 18.5 Å². The predicted molar refractivity (Wildman–Crippen MR) is 247 cm³/mol. The monoisotopic (exact) mass is 876 g/mol. The van der Waals surface area contributed by atoms with Crippen molar-refractivity contribution in [2.45, 2.75) is 48.1 Å². The standard InChI is InChI=1S/C46H49ClN8O4S2/c47-36-14-17-41(34-10-4-1-5-11-34)35(28-36)31-53-24-26-54(27-25-53)38-15-18-42-44(29-38)48-33-49-46(42)51-61(58,59)40-16-19-43(45(30-40)55(56)57)50-37(20-23-52-21-8-3-9-22-52)32-60-39-12-6-2-7-13-39/h1-2,4-7,10-19,28-30,33,37,50H,3,8-9,20-27,31-32H2,(H,48,49,51). The first-order valence-electron chi connectivity index (χ1n) is 20.7. The molecule has 3 heterocycles. The van der Waals surface area contributed by atoms with E-state index in [-0.39, 0.29) is 28.1 Å². The van der Waals surface area contributed by atoms with Gasteiger partial charge in [-0.25, -0.2) is 18.4 Å². The zero-order chi connectivity index (χ0) is 42.2. The molecule has 8 rings (SSSR count). The highest BCUT2D eigenvalue weighted by Crippen LogP contribution is 2.33. The molecule has 61 heavy (non-hydrogen) atoms. The van der Waals surface area contributed by atoms with Gasteiger partial charge < -0.3 is 15.1 Å². The molecule has 2 N–H and O–H groups in total. The van der Waals surface area contributed by atoms with Crippen molar-refractivity contribution in [3.63, 3.8) is 0 Å². The minimum Gasteiger partial charge on any atom is -0.376 e. The van der Waals surface area contributed by atoms with Crippen LogP contribution in [0.1, 0.15) is 31.2 Å². The van der Waals surface area contributed by atoms with E-state index in [0.29, 0.717) is 16.7 Å². The van der Waals surface area contributed by atoms with Crippen LogP contribution in [0.2, 0.25) is 5.02 Å². The summed E-state index contributed by atoms with van der Waals surface area (Å²) < 4.78 is 30.3. The van der Waals surface area contributed by atoms with Crippen LogP contribution in [-0.4, -0.2) is 90.7 Å². The minimum atomic E-state index is -4.27. The van der Waals surface area contributed by atoms with Crippen LogP contribution in [0.5, 0.6) is 0 Å². The third-order valence-corrected chi connectivity index (χ3v) is 14.2. The molecule has 15 heteroatoms. The summed E-state index contributed by atoms with van der Waals surface area (Å²) >= 11 is 8.13. The second-order valence-electron chi connectivity index (χ2n) is 15.6. The van der Waals surface area contributed by atoms with Crippen LogP contribution < -0.4 is 14.9 Å². The van der Waals surface area contributed by atoms with Gasteiger partial charge in [-0.1, -0.05) is 72.6 Å². The van der Waals surface area contributed by atoms with E-state index < -0.39 is 14.9 Å². The molecule has 2 aliphatic heterocycles. The fraction of sp³-hybridized carbons (Fsp3) is 0.304. The molecule has 12 nitrogen and oxygen atoms in total. The number of piperazine rings is 1. The van der Waals surface area contributed by atoms with Gasteiger partial charge in [-0.05, 0) is 104 Å². The molecule has 0 spiro atoms. The van der Waals surface area contributed by atoms with Crippen LogP contribution in [0.3, 0.4) is 0 Å². The Morgan fingerprint density at radius 3 is 2.31 bits per heavy atom. The van der Waals surface area contributed by atoms with Crippen molar-refractivity contribution in [2.75, 3.05) is 66.5 Å². The number of hydrogen-bond donors (Lipinski definition) is 2. The number of aromatic nitrogens is 2. The van der Waals surface area contributed by atoms with Crippen LogP contribution in [0.4, 0.5) is 22.9 Å². The highest BCUT2D eigenvalue weighted by molar-refractivity contribution is 7.99. The number of fused-ring (bicyclic) bond motifs is 1. The van der Waals surface area contributed by atoms with Gasteiger partial charge in [-0.2, -0.15) is 0 Å². The van der Waals surface area contributed by atoms with Gasteiger partial charge in [-0.15, -0.1) is 11.8 Å². The average Bonchev–Trinajstić information content (AvgIpc) is 3.28. The zero-order valence-corrected chi connectivity index (χ0v) is 36.2. The second-order valence-corrected chi connectivity index (χ2v) is 18.8. The number of likely N-dealkylation sites (tertiary alicyclic amines) is 1. The van der Waals surface area contributed by atoms with Crippen molar-refractivity contribution >= 4 is 67.2 Å². The minimum absolute atomic E-state index is 0.0883. The van der Waals surface area contributed by atoms with Gasteiger partial charge in [0, 0.05) is 78.1 Å². The number of nitro groups is 1. The Morgan fingerprint density at radius 1 is 0.803 bits per heavy atom. The normalized spacial score (nSPS) is 15.7. The lowest BCUT2D eigenvalue weighted by atomic mass is 9.99. The molecule has 2 aliphatic rings. The quantitative estimate of drug-likeness (QED) is 0.0547. The van der Waals surface area contributed by atoms with Crippen molar-refractivity contribution in [1.82, 2.24) is 19.8 Å². The first kappa shape index (κ1) is 42.4. The number of nitrogens with one attached hydrogen (secondary N) is 2. The molecule has 6 aromatic rings. The number of nitrogens with zero attached hydrogens (tertiary/aromatic N) is 6. The van der Waals surface area contributed by atoms with E-state index in [1.54, 1.807) is 11.8 Å². The van der Waals surface area contributed by atoms with E-state index in [1.165, 1.54) is 48.8 Å². The number of anilines is 3. The maximum atomic E-state index is 13.8. The Hall–Kier alpha value is -5.25. The van der Waals surface area contributed by atoms with Crippen LogP contribution in [0, 0.1) is 10.1 Å². The summed E-state index contributed by atoms with van der Waals surface area (Å²) in [6.07, 6.45) is 5.72. The number of thioether (sulfide) groups is 1. The van der Waals surface area contributed by atoms with Gasteiger partial charge in [0.2, 0.25) is 0 Å². The van der Waals surface area contributed by atoms with E-state index >= 15 is 0 Å². The SMILES string of the molecule is O=[N+]([O-])c1cc(S(=O)(=O)Nc2ncnc3cc(N4CCN(Cc5cc(Cl)ccc5-c5ccccc5)CC4)ccc23)ccc1NC(CCN1CCCCC1)CSc1ccccc1. The Bertz CT molecular complexity index is 2560. The maximum absolute atomic E-state index is 13.8. The summed E-state index contributed by atoms with van der Waals surface area (Å²) in [6.45, 7) is 7.06. The largest absolute Gasteiger partial charge is 0.376 e. The van der Waals surface area contributed by atoms with Gasteiger partial charge in [0.05, 0.1) is 15.3 Å². The molecular formula is C46H49ClN8O4S2. The second kappa shape index (κ2) is 19.6. The summed E-state index contributed by atoms with van der Waals surface area (Å²) in [4.78, 5) is 28.7. The number of benzene rings is 5. The number of piperidine rings is 1. The summed E-state index contributed by atoms with van der Waals surface area (Å²) in [5.74, 6) is 0.785. The number of hydrogen-bond acceptors (Lipinski definition) is 11. The van der Waals surface area contributed by atoms with Crippen molar-refractivity contribution < 1.29 is 13.3 Å². The first-order valence-corrected chi connectivity index (χ1v) is 23.6. The smallest absolute Gasteiger partial charge is 0.293 e. The highest BCUT2D eigenvalue weighted by atomic mass is 35.5. The number of nitro benzene ring substituents is 1. The van der Waals surface area contributed by atoms with E-state index in [4.69, 9.17) is 11.6 Å². The Morgan fingerprint density at radius 2 is 1.56 bits per heavy atom. The van der Waals surface area contributed by atoms with Crippen LogP contribution >= 0.6 is 23.4 Å². The van der Waals surface area contributed by atoms with Gasteiger partial charge in [0.25, 0.3) is 15.7 Å². The summed E-state index contributed by atoms with van der Waals surface area (Å²) in [5, 5.41) is 17.1. The molecule has 1 aromatic heterocycles. The van der Waals surface area contributed by atoms with Gasteiger partial charge in [0.15, 0.2) is 5.82 Å². The molecule has 2 fully saturated rings. The van der Waals surface area contributed by atoms with Crippen LogP contribution in [0.15, 0.2) is 131 Å². The Balaban J connectivity index is 0.939. The van der Waals surface area contributed by atoms with E-state index in [2.05, 4.69) is 71.1 Å². The lowest BCUT2D eigenvalue weighted by Crippen LogP contribution is -2.46. The van der Waals surface area contributed by atoms with E-state index in [1.807, 2.05) is 60.7 Å². The number of sulfonamides is 1. The van der Waals surface area contributed by atoms with E-state index in [0.717, 1.165) is 86.0 Å². The zero-order valence-electron chi connectivity index (χ0n) is 33.8. The first-order chi connectivity index (χ1) is 29.7. The summed E-state index contributed by atoms with van der Waals surface area (Å²) in [7, 11) is -4.27. The third kappa shape index (κ3) is 10.8. The Labute approximate surface area is 366 Å². The van der Waals surface area contributed by atoms with Crippen molar-refractivity contribution in [2.24, 2.45) is 0 Å². The molecule has 2 saturated heterocycles. The molecule has 0 aliphatic carbocycles.